The Morgan fingerprint density at radius 1 is 0.508 bits per heavy atom. The molecule has 0 saturated heterocycles. The number of benzene rings is 4. The van der Waals surface area contributed by atoms with Gasteiger partial charge in [0.2, 0.25) is 0 Å². The van der Waals surface area contributed by atoms with E-state index in [4.69, 9.17) is 9.47 Å². The van der Waals surface area contributed by atoms with Gasteiger partial charge in [0, 0.05) is 0 Å². The number of phenols is 1. The maximum atomic E-state index is 12.2. The fourth-order valence-corrected chi connectivity index (χ4v) is 8.53. The molecule has 0 amide bonds. The van der Waals surface area contributed by atoms with Gasteiger partial charge in [-0.1, -0.05) is 177 Å². The summed E-state index contributed by atoms with van der Waals surface area (Å²) < 4.78 is 80.7. The zero-order valence-corrected chi connectivity index (χ0v) is 38.8. The molecule has 0 fully saturated rings. The van der Waals surface area contributed by atoms with E-state index in [1.807, 2.05) is 0 Å². The molecule has 0 radical (unpaired) electrons. The summed E-state index contributed by atoms with van der Waals surface area (Å²) >= 11 is 0. The number of ether oxygens (including phenoxy) is 2. The van der Waals surface area contributed by atoms with Crippen LogP contribution < -0.4 is 14.6 Å². The number of hydrogen-bond acceptors (Lipinski definition) is 9. The van der Waals surface area contributed by atoms with E-state index >= 15 is 0 Å². The summed E-state index contributed by atoms with van der Waals surface area (Å²) in [6.45, 7) is 4.41. The van der Waals surface area contributed by atoms with Gasteiger partial charge in [-0.15, -0.1) is 0 Å². The summed E-state index contributed by atoms with van der Waals surface area (Å²) in [5.41, 5.74) is 0.813. The van der Waals surface area contributed by atoms with Crippen molar-refractivity contribution in [2.45, 2.75) is 152 Å². The summed E-state index contributed by atoms with van der Waals surface area (Å²) in [7, 11) is -9.39. The molecule has 0 spiro atoms. The number of rotatable bonds is 26. The van der Waals surface area contributed by atoms with Crippen LogP contribution in [0.25, 0.3) is 0 Å². The van der Waals surface area contributed by atoms with Crippen molar-refractivity contribution < 1.29 is 45.6 Å². The Morgan fingerprint density at radius 3 is 1.29 bits per heavy atom. The van der Waals surface area contributed by atoms with Crippen LogP contribution in [-0.4, -0.2) is 68.8 Å². The number of aromatic hydroxyl groups is 1. The van der Waals surface area contributed by atoms with Crippen molar-refractivity contribution in [2.24, 2.45) is 0 Å². The molecule has 0 aliphatic carbocycles. The molecule has 59 heavy (non-hydrogen) atoms. The first-order valence-electron chi connectivity index (χ1n) is 20.9. The molecule has 320 valence electrons. The predicted octanol–water partition coefficient (Wildman–Crippen LogP) is 11.7. The molecule has 2 N–H and O–H groups in total. The minimum absolute atomic E-state index is 0. The van der Waals surface area contributed by atoms with Crippen LogP contribution in [0.5, 0.6) is 34.5 Å². The molecule has 0 saturated carbocycles. The first-order chi connectivity index (χ1) is 27.9. The van der Waals surface area contributed by atoms with E-state index in [9.17, 15) is 36.2 Å². The van der Waals surface area contributed by atoms with Crippen molar-refractivity contribution in [3.05, 3.63) is 96.1 Å². The molecule has 4 aromatic rings. The number of phenolic OH excluding ortho intramolecular Hbond substituents is 1. The minimum Gasteiger partial charge on any atom is -0.870 e. The molecule has 10 nitrogen and oxygen atoms in total. The van der Waals surface area contributed by atoms with Crippen LogP contribution in [0.4, 0.5) is 0 Å². The van der Waals surface area contributed by atoms with Crippen molar-refractivity contribution in [2.75, 3.05) is 0 Å². The Kier molecular flexibility index (Phi) is 25.4. The third-order valence-electron chi connectivity index (χ3n) is 9.86. The number of hydrogen-bond donors (Lipinski definition) is 2. The van der Waals surface area contributed by atoms with Crippen molar-refractivity contribution in [1.82, 2.24) is 0 Å². The average Bonchev–Trinajstić information content (AvgIpc) is 3.19. The third-order valence-corrected chi connectivity index (χ3v) is 11.8. The number of aryl methyl sites for hydroxylation is 2. The summed E-state index contributed by atoms with van der Waals surface area (Å²) in [4.78, 5) is -0.866. The topological polar surface area (TPSA) is 173 Å². The van der Waals surface area contributed by atoms with Crippen LogP contribution in [0.3, 0.4) is 0 Å². The van der Waals surface area contributed by atoms with Crippen LogP contribution in [0.2, 0.25) is 0 Å². The standard InChI is InChI=1S/2C23H32O5S.Ca/c2*1-2-3-4-5-6-7-8-9-11-14-19-17-18-21(24)22(23(19)29(25,26)27)28-20-15-12-10-13-16-20;/h2*10,12-13,15-18,24H,2-9,11,14H2,1H3,(H,25,26,27);/q;;+2/p-2. The van der Waals surface area contributed by atoms with Gasteiger partial charge in [-0.2, -0.15) is 8.42 Å². The van der Waals surface area contributed by atoms with E-state index in [-0.39, 0.29) is 54.1 Å². The van der Waals surface area contributed by atoms with Crippen molar-refractivity contribution >= 4 is 58.0 Å². The van der Waals surface area contributed by atoms with Crippen LogP contribution in [0.1, 0.15) is 141 Å². The number of para-hydroxylation sites is 2. The van der Waals surface area contributed by atoms with E-state index in [0.717, 1.165) is 44.9 Å². The second-order valence-corrected chi connectivity index (χ2v) is 17.4. The van der Waals surface area contributed by atoms with E-state index in [1.165, 1.54) is 88.8 Å². The van der Waals surface area contributed by atoms with Crippen molar-refractivity contribution in [1.29, 1.82) is 0 Å². The maximum absolute atomic E-state index is 12.2. The monoisotopic (exact) mass is 878 g/mol. The fourth-order valence-electron chi connectivity index (χ4n) is 6.79. The number of unbranched alkanes of at least 4 members (excludes halogenated alkanes) is 16. The largest absolute Gasteiger partial charge is 2.00 e. The minimum atomic E-state index is -4.84. The zero-order chi connectivity index (χ0) is 42.2. The summed E-state index contributed by atoms with van der Waals surface area (Å²) in [6, 6.07) is 22.7. The third kappa shape index (κ3) is 19.6. The molecule has 0 atom stereocenters. The predicted molar refractivity (Wildman–Crippen MR) is 232 cm³/mol. The van der Waals surface area contributed by atoms with Gasteiger partial charge >= 0.3 is 37.7 Å². The Morgan fingerprint density at radius 2 is 0.881 bits per heavy atom. The maximum Gasteiger partial charge on any atom is 2.00 e. The van der Waals surface area contributed by atoms with Gasteiger partial charge < -0.3 is 24.2 Å². The average molecular weight is 879 g/mol. The van der Waals surface area contributed by atoms with Crippen LogP contribution in [-0.2, 0) is 33.1 Å². The fraction of sp³-hybridized carbons (Fsp3) is 0.478. The Bertz CT molecular complexity index is 1850. The van der Waals surface area contributed by atoms with Crippen molar-refractivity contribution in [3.63, 3.8) is 0 Å². The molecule has 0 aromatic heterocycles. The molecular formula is C46H62CaO10S2. The molecule has 0 aliphatic heterocycles. The molecule has 0 aliphatic rings. The van der Waals surface area contributed by atoms with E-state index in [0.29, 0.717) is 35.5 Å². The normalized spacial score (nSPS) is 11.3. The molecule has 13 heteroatoms. The van der Waals surface area contributed by atoms with E-state index < -0.39 is 36.6 Å². The summed E-state index contributed by atoms with van der Waals surface area (Å²) in [5.74, 6) is -0.870. The van der Waals surface area contributed by atoms with Crippen LogP contribution in [0, 0.1) is 0 Å². The second kappa shape index (κ2) is 28.6. The Balaban J connectivity index is 0.000000400. The second-order valence-electron chi connectivity index (χ2n) is 14.7. The van der Waals surface area contributed by atoms with Crippen molar-refractivity contribution in [3.8, 4) is 34.5 Å². The molecule has 4 rings (SSSR count). The zero-order valence-electron chi connectivity index (χ0n) is 34.9. The van der Waals surface area contributed by atoms with Crippen LogP contribution >= 0.6 is 0 Å². The first kappa shape index (κ1) is 52.3. The quantitative estimate of drug-likeness (QED) is 0.0351. The van der Waals surface area contributed by atoms with E-state index in [2.05, 4.69) is 13.8 Å². The van der Waals surface area contributed by atoms with Crippen LogP contribution in [0.15, 0.2) is 94.7 Å². The molecule has 0 bridgehead atoms. The van der Waals surface area contributed by atoms with E-state index in [1.54, 1.807) is 66.7 Å². The van der Waals surface area contributed by atoms with Gasteiger partial charge in [-0.25, -0.2) is 8.42 Å². The molecule has 0 heterocycles. The van der Waals surface area contributed by atoms with Gasteiger partial charge in [0.05, 0.1) is 4.90 Å². The first-order valence-corrected chi connectivity index (χ1v) is 23.8. The van der Waals surface area contributed by atoms with Gasteiger partial charge in [0.1, 0.15) is 32.3 Å². The Hall–Kier alpha value is -2.84. The Labute approximate surface area is 383 Å². The summed E-state index contributed by atoms with van der Waals surface area (Å²) in [6.07, 6.45) is 21.7. The molecule has 0 unspecified atom stereocenters. The van der Waals surface area contributed by atoms with Gasteiger partial charge in [-0.3, -0.25) is 4.55 Å². The smallest absolute Gasteiger partial charge is 0.870 e. The van der Waals surface area contributed by atoms with Gasteiger partial charge in [-0.05, 0) is 67.1 Å². The molecular weight excluding hydrogens is 817 g/mol. The SMILES string of the molecule is CCCCCCCCCCCc1ccc(O)c(Oc2ccccc2)c1S(=O)(=O)O.CCCCCCCCCCCc1ccc([O-])c(Oc2ccccc2)c1S(=O)(=O)[O-].[Ca+2]. The summed E-state index contributed by atoms with van der Waals surface area (Å²) in [5, 5.41) is 22.4. The van der Waals surface area contributed by atoms with Gasteiger partial charge in [0.15, 0.2) is 11.5 Å². The molecule has 4 aromatic carbocycles. The van der Waals surface area contributed by atoms with Gasteiger partial charge in [0.25, 0.3) is 10.1 Å².